The molecule has 2 nitrogen and oxygen atoms in total. The Balaban J connectivity index is 2.95. The molecule has 19 heavy (non-hydrogen) atoms. The predicted molar refractivity (Wildman–Crippen MR) is 64.7 cm³/mol. The molecule has 0 aromatic heterocycles. The number of nitrogens with one attached hydrogen (secondary N) is 1. The van der Waals surface area contributed by atoms with Gasteiger partial charge in [-0.2, -0.15) is 0 Å². The molecule has 0 saturated heterocycles. The first kappa shape index (κ1) is 15.5. The minimum atomic E-state index is -2.79. The molecule has 0 spiro atoms. The molecule has 0 heterocycles. The summed E-state index contributed by atoms with van der Waals surface area (Å²) in [6.07, 6.45) is -4.17. The maximum Gasteiger partial charge on any atom is 0.288 e. The van der Waals surface area contributed by atoms with Crippen molar-refractivity contribution in [2.24, 2.45) is 0 Å². The van der Waals surface area contributed by atoms with Gasteiger partial charge in [0.15, 0.2) is 0 Å². The van der Waals surface area contributed by atoms with Crippen molar-refractivity contribution in [3.8, 4) is 0 Å². The van der Waals surface area contributed by atoms with Crippen LogP contribution in [0.2, 0.25) is 0 Å². The topological polar surface area (TPSA) is 21.3 Å². The van der Waals surface area contributed by atoms with Crippen molar-refractivity contribution in [1.82, 2.24) is 5.32 Å². The molecule has 0 fully saturated rings. The zero-order valence-corrected chi connectivity index (χ0v) is 10.6. The summed E-state index contributed by atoms with van der Waals surface area (Å²) in [4.78, 5) is 0. The first-order valence-electron chi connectivity index (χ1n) is 5.70. The largest absolute Gasteiger partial charge is 0.469 e. The highest BCUT2D eigenvalue weighted by atomic mass is 19.3. The maximum absolute atomic E-state index is 13.5. The minimum absolute atomic E-state index is 0.00639. The Morgan fingerprint density at radius 2 is 1.84 bits per heavy atom. The Kier molecular flexibility index (Phi) is 5.35. The standard InChI is InChI=1S/C13H15F4NO/c1-4-9-10(14)5-8(6-11(9)15)7(2)19-13(18-3)12(16)17/h5-6,12-13,18H,2,4H2,1,3H3. The molecule has 1 unspecified atom stereocenters. The molecule has 0 bridgehead atoms. The molecule has 1 aromatic carbocycles. The highest BCUT2D eigenvalue weighted by Gasteiger charge is 2.21. The maximum atomic E-state index is 13.5. The van der Waals surface area contributed by atoms with Crippen LogP contribution in [0, 0.1) is 11.6 Å². The van der Waals surface area contributed by atoms with E-state index in [1.165, 1.54) is 7.05 Å². The van der Waals surface area contributed by atoms with Gasteiger partial charge in [-0.1, -0.05) is 13.5 Å². The molecule has 0 aliphatic heterocycles. The Bertz CT molecular complexity index is 439. The third-order valence-electron chi connectivity index (χ3n) is 2.60. The first-order chi connectivity index (χ1) is 8.90. The SMILES string of the molecule is C=C(OC(NC)C(F)F)c1cc(F)c(CC)c(F)c1. The van der Waals surface area contributed by atoms with Crippen molar-refractivity contribution < 1.29 is 22.3 Å². The van der Waals surface area contributed by atoms with Crippen LogP contribution in [0.15, 0.2) is 18.7 Å². The molecule has 106 valence electrons. The number of hydrogen-bond acceptors (Lipinski definition) is 2. The summed E-state index contributed by atoms with van der Waals surface area (Å²) in [6, 6.07) is 2.03. The lowest BCUT2D eigenvalue weighted by molar-refractivity contribution is -0.0190. The molecular weight excluding hydrogens is 262 g/mol. The van der Waals surface area contributed by atoms with Crippen LogP contribution < -0.4 is 5.32 Å². The monoisotopic (exact) mass is 277 g/mol. The number of ether oxygens (including phenoxy) is 1. The van der Waals surface area contributed by atoms with Crippen LogP contribution >= 0.6 is 0 Å². The fraction of sp³-hybridized carbons (Fsp3) is 0.385. The molecule has 0 radical (unpaired) electrons. The molecule has 1 atom stereocenters. The highest BCUT2D eigenvalue weighted by molar-refractivity contribution is 5.58. The molecular formula is C13H15F4NO. The van der Waals surface area contributed by atoms with Crippen LogP contribution in [0.25, 0.3) is 5.76 Å². The van der Waals surface area contributed by atoms with Crippen molar-refractivity contribution >= 4 is 5.76 Å². The average Bonchev–Trinajstić information content (AvgIpc) is 2.34. The number of benzene rings is 1. The number of rotatable bonds is 6. The zero-order valence-electron chi connectivity index (χ0n) is 10.6. The molecule has 6 heteroatoms. The summed E-state index contributed by atoms with van der Waals surface area (Å²) in [5.41, 5.74) is -0.0660. The van der Waals surface area contributed by atoms with Gasteiger partial charge in [0.2, 0.25) is 6.23 Å². The lowest BCUT2D eigenvalue weighted by Gasteiger charge is -2.19. The summed E-state index contributed by atoms with van der Waals surface area (Å²) in [7, 11) is 1.28. The van der Waals surface area contributed by atoms with Crippen LogP contribution in [0.3, 0.4) is 0 Å². The van der Waals surface area contributed by atoms with E-state index < -0.39 is 24.3 Å². The average molecular weight is 277 g/mol. The van der Waals surface area contributed by atoms with E-state index in [2.05, 4.69) is 11.9 Å². The lowest BCUT2D eigenvalue weighted by atomic mass is 10.1. The van der Waals surface area contributed by atoms with Crippen LogP contribution in [-0.2, 0) is 11.2 Å². The fourth-order valence-electron chi connectivity index (χ4n) is 1.56. The summed E-state index contributed by atoms with van der Waals surface area (Å²) in [5.74, 6) is -1.72. The van der Waals surface area contributed by atoms with Crippen molar-refractivity contribution in [3.63, 3.8) is 0 Å². The Hall–Kier alpha value is -1.56. The Morgan fingerprint density at radius 3 is 2.21 bits per heavy atom. The molecule has 1 rings (SSSR count). The van der Waals surface area contributed by atoms with Gasteiger partial charge < -0.3 is 4.74 Å². The van der Waals surface area contributed by atoms with Gasteiger partial charge in [0.05, 0.1) is 0 Å². The molecule has 0 aliphatic carbocycles. The van der Waals surface area contributed by atoms with Gasteiger partial charge in [0.25, 0.3) is 6.43 Å². The zero-order chi connectivity index (χ0) is 14.6. The number of hydrogen-bond donors (Lipinski definition) is 1. The molecule has 0 saturated carbocycles. The van der Waals surface area contributed by atoms with Crippen molar-refractivity contribution in [1.29, 1.82) is 0 Å². The van der Waals surface area contributed by atoms with Crippen LogP contribution in [-0.4, -0.2) is 19.7 Å². The minimum Gasteiger partial charge on any atom is -0.469 e. The molecule has 1 aromatic rings. The van der Waals surface area contributed by atoms with Crippen LogP contribution in [0.4, 0.5) is 17.6 Å². The summed E-state index contributed by atoms with van der Waals surface area (Å²) < 4.78 is 56.9. The quantitative estimate of drug-likeness (QED) is 0.489. The second kappa shape index (κ2) is 6.56. The van der Waals surface area contributed by atoms with Gasteiger partial charge in [-0.3, -0.25) is 5.32 Å². The van der Waals surface area contributed by atoms with Crippen LogP contribution in [0.1, 0.15) is 18.1 Å². The van der Waals surface area contributed by atoms with Gasteiger partial charge in [0, 0.05) is 11.1 Å². The normalized spacial score (nSPS) is 12.6. The van der Waals surface area contributed by atoms with E-state index in [-0.39, 0.29) is 23.3 Å². The molecule has 0 amide bonds. The van der Waals surface area contributed by atoms with E-state index in [9.17, 15) is 17.6 Å². The summed E-state index contributed by atoms with van der Waals surface area (Å²) in [6.45, 7) is 5.02. The fourth-order valence-corrected chi connectivity index (χ4v) is 1.56. The first-order valence-corrected chi connectivity index (χ1v) is 5.70. The van der Waals surface area contributed by atoms with Crippen molar-refractivity contribution in [2.45, 2.75) is 26.0 Å². The third-order valence-corrected chi connectivity index (χ3v) is 2.60. The van der Waals surface area contributed by atoms with E-state index in [1.54, 1.807) is 6.92 Å². The molecule has 1 N–H and O–H groups in total. The second-order valence-corrected chi connectivity index (χ2v) is 3.86. The van der Waals surface area contributed by atoms with Crippen molar-refractivity contribution in [2.75, 3.05) is 7.05 Å². The second-order valence-electron chi connectivity index (χ2n) is 3.86. The van der Waals surface area contributed by atoms with E-state index in [4.69, 9.17) is 4.74 Å². The van der Waals surface area contributed by atoms with Gasteiger partial charge in [-0.15, -0.1) is 0 Å². The van der Waals surface area contributed by atoms with Crippen molar-refractivity contribution in [3.05, 3.63) is 41.5 Å². The van der Waals surface area contributed by atoms with Gasteiger partial charge in [-0.05, 0) is 25.6 Å². The van der Waals surface area contributed by atoms with E-state index in [0.29, 0.717) is 0 Å². The van der Waals surface area contributed by atoms with Gasteiger partial charge in [-0.25, -0.2) is 17.6 Å². The van der Waals surface area contributed by atoms with E-state index in [0.717, 1.165) is 12.1 Å². The summed E-state index contributed by atoms with van der Waals surface area (Å²) in [5, 5.41) is 2.23. The smallest absolute Gasteiger partial charge is 0.288 e. The predicted octanol–water partition coefficient (Wildman–Crippen LogP) is 3.33. The third kappa shape index (κ3) is 3.70. The molecule has 0 aliphatic rings. The number of halogens is 4. The van der Waals surface area contributed by atoms with Crippen LogP contribution in [0.5, 0.6) is 0 Å². The van der Waals surface area contributed by atoms with Gasteiger partial charge >= 0.3 is 0 Å². The number of alkyl halides is 2. The summed E-state index contributed by atoms with van der Waals surface area (Å²) >= 11 is 0. The lowest BCUT2D eigenvalue weighted by Crippen LogP contribution is -2.34. The van der Waals surface area contributed by atoms with E-state index in [1.807, 2.05) is 0 Å². The Labute approximate surface area is 109 Å². The Morgan fingerprint density at radius 1 is 1.32 bits per heavy atom. The highest BCUT2D eigenvalue weighted by Crippen LogP contribution is 2.23. The van der Waals surface area contributed by atoms with E-state index >= 15 is 0 Å². The van der Waals surface area contributed by atoms with Gasteiger partial charge in [0.1, 0.15) is 17.4 Å².